The summed E-state index contributed by atoms with van der Waals surface area (Å²) in [5.41, 5.74) is 0.388. The van der Waals surface area contributed by atoms with Crippen LogP contribution in [0.25, 0.3) is 11.3 Å². The molecule has 2 aromatic carbocycles. The number of hydrogen-bond acceptors (Lipinski definition) is 5. The third-order valence-electron chi connectivity index (χ3n) is 4.36. The lowest BCUT2D eigenvalue weighted by Gasteiger charge is -2.09. The van der Waals surface area contributed by atoms with Crippen LogP contribution in [-0.2, 0) is 16.6 Å². The zero-order valence-electron chi connectivity index (χ0n) is 16.3. The lowest BCUT2D eigenvalue weighted by atomic mass is 10.0. The van der Waals surface area contributed by atoms with E-state index < -0.39 is 33.3 Å². The fourth-order valence-corrected chi connectivity index (χ4v) is 3.94. The molecule has 1 aromatic heterocycles. The Kier molecular flexibility index (Phi) is 7.04. The van der Waals surface area contributed by atoms with Crippen LogP contribution in [0, 0.1) is 18.6 Å². The molecular weight excluding hydrogens is 452 g/mol. The Hall–Kier alpha value is -2.82. The third-order valence-corrected chi connectivity index (χ3v) is 6.00. The van der Waals surface area contributed by atoms with E-state index in [-0.39, 0.29) is 40.7 Å². The molecule has 0 aliphatic heterocycles. The monoisotopic (exact) mass is 469 g/mol. The summed E-state index contributed by atoms with van der Waals surface area (Å²) in [7, 11) is -3.72. The number of aromatic nitrogens is 1. The second-order valence-electron chi connectivity index (χ2n) is 6.58. The summed E-state index contributed by atoms with van der Waals surface area (Å²) in [5, 5.41) is 6.25. The van der Waals surface area contributed by atoms with Gasteiger partial charge >= 0.3 is 0 Å². The molecule has 2 N–H and O–H groups in total. The highest BCUT2D eigenvalue weighted by molar-refractivity contribution is 7.89. The van der Waals surface area contributed by atoms with Crippen molar-refractivity contribution >= 4 is 27.5 Å². The predicted octanol–water partition coefficient (Wildman–Crippen LogP) is 3.43. The van der Waals surface area contributed by atoms with Crippen molar-refractivity contribution in [1.82, 2.24) is 15.2 Å². The number of nitrogens with one attached hydrogen (secondary N) is 2. The third kappa shape index (κ3) is 5.66. The molecule has 0 radical (unpaired) electrons. The zero-order valence-corrected chi connectivity index (χ0v) is 17.9. The number of carbonyl (C=O) groups is 1. The molecule has 31 heavy (non-hydrogen) atoms. The quantitative estimate of drug-likeness (QED) is 0.526. The zero-order chi connectivity index (χ0) is 22.6. The van der Waals surface area contributed by atoms with Gasteiger partial charge in [0, 0.05) is 13.1 Å². The molecule has 0 aliphatic carbocycles. The Labute approximate surface area is 182 Å². The SMILES string of the molecule is Cc1onc(-c2c(F)cccc2Cl)c1C(=O)NCCS(=O)(=O)NCc1ccc(F)cc1. The largest absolute Gasteiger partial charge is 0.360 e. The molecule has 0 aliphatic rings. The molecule has 7 nitrogen and oxygen atoms in total. The van der Waals surface area contributed by atoms with E-state index in [1.165, 1.54) is 49.4 Å². The van der Waals surface area contributed by atoms with Gasteiger partial charge < -0.3 is 9.84 Å². The highest BCUT2D eigenvalue weighted by Crippen LogP contribution is 2.33. The van der Waals surface area contributed by atoms with Gasteiger partial charge in [-0.3, -0.25) is 4.79 Å². The molecule has 0 spiro atoms. The number of aryl methyl sites for hydroxylation is 1. The minimum Gasteiger partial charge on any atom is -0.360 e. The van der Waals surface area contributed by atoms with E-state index in [2.05, 4.69) is 15.2 Å². The molecule has 0 fully saturated rings. The van der Waals surface area contributed by atoms with Crippen LogP contribution in [-0.4, -0.2) is 31.8 Å². The molecule has 1 heterocycles. The Balaban J connectivity index is 1.64. The van der Waals surface area contributed by atoms with Crippen molar-refractivity contribution in [3.63, 3.8) is 0 Å². The molecule has 164 valence electrons. The van der Waals surface area contributed by atoms with E-state index in [1.807, 2.05) is 0 Å². The summed E-state index contributed by atoms with van der Waals surface area (Å²) in [5.74, 6) is -2.05. The van der Waals surface area contributed by atoms with Gasteiger partial charge in [-0.25, -0.2) is 21.9 Å². The van der Waals surface area contributed by atoms with E-state index in [4.69, 9.17) is 16.1 Å². The van der Waals surface area contributed by atoms with Crippen LogP contribution in [0.5, 0.6) is 0 Å². The van der Waals surface area contributed by atoms with Gasteiger partial charge in [-0.2, -0.15) is 0 Å². The fourth-order valence-electron chi connectivity index (χ4n) is 2.79. The van der Waals surface area contributed by atoms with Gasteiger partial charge in [0.2, 0.25) is 10.0 Å². The number of hydrogen-bond donors (Lipinski definition) is 2. The Morgan fingerprint density at radius 3 is 2.55 bits per heavy atom. The summed E-state index contributed by atoms with van der Waals surface area (Å²) in [6.07, 6.45) is 0. The molecule has 0 saturated heterocycles. The molecular formula is C20H18ClF2N3O4S. The van der Waals surface area contributed by atoms with Crippen molar-refractivity contribution in [3.8, 4) is 11.3 Å². The van der Waals surface area contributed by atoms with Gasteiger partial charge in [0.1, 0.15) is 28.7 Å². The number of nitrogens with zero attached hydrogens (tertiary/aromatic N) is 1. The molecule has 0 saturated carbocycles. The predicted molar refractivity (Wildman–Crippen MR) is 111 cm³/mol. The van der Waals surface area contributed by atoms with Crippen LogP contribution in [0.1, 0.15) is 21.7 Å². The number of amides is 1. The van der Waals surface area contributed by atoms with E-state index in [0.717, 1.165) is 0 Å². The minimum absolute atomic E-state index is 0.0166. The van der Waals surface area contributed by atoms with Crippen LogP contribution >= 0.6 is 11.6 Å². The van der Waals surface area contributed by atoms with Gasteiger partial charge in [-0.15, -0.1) is 0 Å². The van der Waals surface area contributed by atoms with Crippen molar-refractivity contribution in [2.24, 2.45) is 0 Å². The van der Waals surface area contributed by atoms with E-state index in [9.17, 15) is 22.0 Å². The molecule has 11 heteroatoms. The highest BCUT2D eigenvalue weighted by atomic mass is 35.5. The molecule has 0 unspecified atom stereocenters. The molecule has 1 amide bonds. The van der Waals surface area contributed by atoms with E-state index in [1.54, 1.807) is 0 Å². The number of rotatable bonds is 8. The highest BCUT2D eigenvalue weighted by Gasteiger charge is 2.25. The van der Waals surface area contributed by atoms with Crippen LogP contribution in [0.3, 0.4) is 0 Å². The first-order chi connectivity index (χ1) is 14.7. The lowest BCUT2D eigenvalue weighted by Crippen LogP contribution is -2.34. The number of benzene rings is 2. The second kappa shape index (κ2) is 9.54. The van der Waals surface area contributed by atoms with Crippen molar-refractivity contribution in [2.75, 3.05) is 12.3 Å². The Morgan fingerprint density at radius 2 is 1.87 bits per heavy atom. The maximum Gasteiger partial charge on any atom is 0.257 e. The molecule has 3 rings (SSSR count). The number of carbonyl (C=O) groups excluding carboxylic acids is 1. The maximum atomic E-state index is 14.2. The van der Waals surface area contributed by atoms with Crippen molar-refractivity contribution in [3.05, 3.63) is 76.0 Å². The average Bonchev–Trinajstić information content (AvgIpc) is 3.08. The van der Waals surface area contributed by atoms with Gasteiger partial charge in [0.15, 0.2) is 0 Å². The average molecular weight is 470 g/mol. The summed E-state index contributed by atoms with van der Waals surface area (Å²) in [6, 6.07) is 9.41. The van der Waals surface area contributed by atoms with Crippen LogP contribution in [0.2, 0.25) is 5.02 Å². The summed E-state index contributed by atoms with van der Waals surface area (Å²) in [4.78, 5) is 12.6. The van der Waals surface area contributed by atoms with Gasteiger partial charge in [0.05, 0.1) is 16.3 Å². The first kappa shape index (κ1) is 22.9. The first-order valence-corrected chi connectivity index (χ1v) is 11.1. The first-order valence-electron chi connectivity index (χ1n) is 9.08. The van der Waals surface area contributed by atoms with Gasteiger partial charge in [-0.05, 0) is 36.8 Å². The topological polar surface area (TPSA) is 101 Å². The number of sulfonamides is 1. The molecule has 0 atom stereocenters. The van der Waals surface area contributed by atoms with Crippen molar-refractivity contribution < 1.29 is 26.5 Å². The smallest absolute Gasteiger partial charge is 0.257 e. The standard InChI is InChI=1S/C20H18ClF2N3O4S/c1-12-17(19(26-30-12)18-15(21)3-2-4-16(18)23)20(27)24-9-10-31(28,29)25-11-13-5-7-14(22)8-6-13/h2-8,25H,9-11H2,1H3,(H,24,27). The summed E-state index contributed by atoms with van der Waals surface area (Å²) < 4.78 is 58.8. The van der Waals surface area contributed by atoms with Gasteiger partial charge in [0.25, 0.3) is 5.91 Å². The second-order valence-corrected chi connectivity index (χ2v) is 8.91. The van der Waals surface area contributed by atoms with Crippen LogP contribution in [0.15, 0.2) is 47.0 Å². The summed E-state index contributed by atoms with van der Waals surface area (Å²) in [6.45, 7) is 1.24. The Bertz CT molecular complexity index is 1180. The minimum atomic E-state index is -3.72. The number of halogens is 3. The molecule has 3 aromatic rings. The fraction of sp³-hybridized carbons (Fsp3) is 0.200. The summed E-state index contributed by atoms with van der Waals surface area (Å²) >= 11 is 6.05. The normalized spacial score (nSPS) is 11.5. The molecule has 0 bridgehead atoms. The van der Waals surface area contributed by atoms with Crippen molar-refractivity contribution in [2.45, 2.75) is 13.5 Å². The maximum absolute atomic E-state index is 14.2. The Morgan fingerprint density at radius 1 is 1.16 bits per heavy atom. The van der Waals surface area contributed by atoms with Crippen LogP contribution < -0.4 is 10.0 Å². The van der Waals surface area contributed by atoms with E-state index in [0.29, 0.717) is 5.56 Å². The van der Waals surface area contributed by atoms with Crippen LogP contribution in [0.4, 0.5) is 8.78 Å². The van der Waals surface area contributed by atoms with Crippen molar-refractivity contribution in [1.29, 1.82) is 0 Å². The van der Waals surface area contributed by atoms with E-state index >= 15 is 0 Å². The van der Waals surface area contributed by atoms with Gasteiger partial charge in [-0.1, -0.05) is 35.0 Å². The lowest BCUT2D eigenvalue weighted by molar-refractivity contribution is 0.0955.